The molecule has 0 spiro atoms. The van der Waals surface area contributed by atoms with Gasteiger partial charge in [-0.05, 0) is 36.5 Å². The zero-order valence-electron chi connectivity index (χ0n) is 14.3. The van der Waals surface area contributed by atoms with E-state index in [0.29, 0.717) is 17.6 Å². The Balaban J connectivity index is 1.55. The van der Waals surface area contributed by atoms with Crippen LogP contribution in [0.25, 0.3) is 0 Å². The number of carbonyl (C=O) groups is 1. The van der Waals surface area contributed by atoms with Crippen molar-refractivity contribution in [3.63, 3.8) is 0 Å². The lowest BCUT2D eigenvalue weighted by Crippen LogP contribution is -2.33. The van der Waals surface area contributed by atoms with Crippen molar-refractivity contribution < 1.29 is 4.79 Å². The Labute approximate surface area is 149 Å². The normalized spacial score (nSPS) is 18.2. The van der Waals surface area contributed by atoms with Crippen LogP contribution in [0.5, 0.6) is 0 Å². The van der Waals surface area contributed by atoms with Crippen LogP contribution in [-0.2, 0) is 11.2 Å². The average Bonchev–Trinajstić information content (AvgIpc) is 2.87. The molecule has 2 nitrogen and oxygen atoms in total. The summed E-state index contributed by atoms with van der Waals surface area (Å²) in [5.74, 6) is 1.32. The maximum Gasteiger partial charge on any atom is 0.222 e. The third kappa shape index (κ3) is 4.41. The largest absolute Gasteiger partial charge is 0.342 e. The Morgan fingerprint density at radius 1 is 1.08 bits per heavy atom. The Hall–Kier alpha value is -1.74. The van der Waals surface area contributed by atoms with Crippen LogP contribution in [-0.4, -0.2) is 29.6 Å². The first-order valence-corrected chi connectivity index (χ1v) is 9.78. The molecule has 24 heavy (non-hydrogen) atoms. The topological polar surface area (TPSA) is 20.3 Å². The fourth-order valence-corrected chi connectivity index (χ4v) is 4.60. The van der Waals surface area contributed by atoms with E-state index in [1.54, 1.807) is 0 Å². The molecule has 126 valence electrons. The summed E-state index contributed by atoms with van der Waals surface area (Å²) in [5, 5.41) is 0.512. The van der Waals surface area contributed by atoms with Gasteiger partial charge < -0.3 is 4.90 Å². The predicted octanol–water partition coefficient (Wildman–Crippen LogP) is 4.63. The molecule has 1 unspecified atom stereocenters. The van der Waals surface area contributed by atoms with Crippen LogP contribution in [0.3, 0.4) is 0 Å². The number of amides is 1. The second-order valence-corrected chi connectivity index (χ2v) is 7.68. The number of rotatable bonds is 4. The van der Waals surface area contributed by atoms with Crippen molar-refractivity contribution in [3.05, 3.63) is 71.3 Å². The fraction of sp³-hybridized carbons (Fsp3) is 0.381. The monoisotopic (exact) mass is 339 g/mol. The summed E-state index contributed by atoms with van der Waals surface area (Å²) in [6, 6.07) is 18.9. The van der Waals surface area contributed by atoms with Crippen LogP contribution in [0, 0.1) is 6.92 Å². The van der Waals surface area contributed by atoms with Gasteiger partial charge in [-0.1, -0.05) is 54.6 Å². The second kappa shape index (κ2) is 8.39. The van der Waals surface area contributed by atoms with Crippen LogP contribution in [0.1, 0.15) is 34.8 Å². The molecule has 2 aromatic carbocycles. The number of hydrogen-bond acceptors (Lipinski definition) is 2. The summed E-state index contributed by atoms with van der Waals surface area (Å²) in [4.78, 5) is 14.6. The van der Waals surface area contributed by atoms with Crippen LogP contribution < -0.4 is 0 Å². The molecule has 0 aromatic heterocycles. The molecule has 1 aliphatic rings. The van der Waals surface area contributed by atoms with Crippen LogP contribution in [0.2, 0.25) is 0 Å². The number of nitrogens with zero attached hydrogens (tertiary/aromatic N) is 1. The van der Waals surface area contributed by atoms with Crippen molar-refractivity contribution in [2.24, 2.45) is 0 Å². The van der Waals surface area contributed by atoms with Gasteiger partial charge in [-0.25, -0.2) is 0 Å². The summed E-state index contributed by atoms with van der Waals surface area (Å²) >= 11 is 1.99. The molecule has 1 heterocycles. The molecule has 0 aliphatic carbocycles. The number of aryl methyl sites for hydroxylation is 2. The van der Waals surface area contributed by atoms with Crippen molar-refractivity contribution in [3.8, 4) is 0 Å². The minimum Gasteiger partial charge on any atom is -0.342 e. The summed E-state index contributed by atoms with van der Waals surface area (Å²) < 4.78 is 0. The predicted molar refractivity (Wildman–Crippen MR) is 102 cm³/mol. The van der Waals surface area contributed by atoms with Crippen molar-refractivity contribution in [1.82, 2.24) is 4.90 Å². The first-order chi connectivity index (χ1) is 11.7. The van der Waals surface area contributed by atoms with Gasteiger partial charge in [-0.2, -0.15) is 11.8 Å². The molecule has 3 heteroatoms. The van der Waals surface area contributed by atoms with Crippen molar-refractivity contribution in [2.45, 2.75) is 31.4 Å². The van der Waals surface area contributed by atoms with Gasteiger partial charge in [0.1, 0.15) is 0 Å². The lowest BCUT2D eigenvalue weighted by Gasteiger charge is -2.20. The standard InChI is InChI=1S/C21H25NOS/c1-17-7-5-6-10-19(17)20-13-14-22(15-16-24-20)21(23)12-11-18-8-3-2-4-9-18/h2-10,20H,11-16H2,1H3. The Morgan fingerprint density at radius 3 is 2.62 bits per heavy atom. The number of benzene rings is 2. The van der Waals surface area contributed by atoms with Crippen molar-refractivity contribution in [2.75, 3.05) is 18.8 Å². The highest BCUT2D eigenvalue weighted by Gasteiger charge is 2.22. The zero-order chi connectivity index (χ0) is 16.8. The van der Waals surface area contributed by atoms with E-state index in [1.807, 2.05) is 30.0 Å². The van der Waals surface area contributed by atoms with Crippen LogP contribution in [0.4, 0.5) is 0 Å². The van der Waals surface area contributed by atoms with E-state index in [1.165, 1.54) is 16.7 Å². The van der Waals surface area contributed by atoms with Gasteiger partial charge in [0.15, 0.2) is 0 Å². The highest BCUT2D eigenvalue weighted by molar-refractivity contribution is 7.99. The van der Waals surface area contributed by atoms with Gasteiger partial charge in [-0.3, -0.25) is 4.79 Å². The molecular weight excluding hydrogens is 314 g/mol. The van der Waals surface area contributed by atoms with E-state index in [9.17, 15) is 4.79 Å². The quantitative estimate of drug-likeness (QED) is 0.809. The summed E-state index contributed by atoms with van der Waals surface area (Å²) in [7, 11) is 0. The van der Waals surface area contributed by atoms with Gasteiger partial charge in [0.2, 0.25) is 5.91 Å². The second-order valence-electron chi connectivity index (χ2n) is 6.37. The maximum atomic E-state index is 12.6. The molecule has 3 rings (SSSR count). The lowest BCUT2D eigenvalue weighted by molar-refractivity contribution is -0.130. The summed E-state index contributed by atoms with van der Waals surface area (Å²) in [6.45, 7) is 3.93. The molecule has 1 atom stereocenters. The van der Waals surface area contributed by atoms with E-state index in [0.717, 1.165) is 31.7 Å². The zero-order valence-corrected chi connectivity index (χ0v) is 15.1. The molecule has 0 radical (unpaired) electrons. The minimum absolute atomic E-state index is 0.296. The van der Waals surface area contributed by atoms with Gasteiger partial charge in [0, 0.05) is 30.5 Å². The maximum absolute atomic E-state index is 12.6. The first-order valence-electron chi connectivity index (χ1n) is 8.73. The third-order valence-corrected chi connectivity index (χ3v) is 6.01. The first kappa shape index (κ1) is 17.1. The highest BCUT2D eigenvalue weighted by Crippen LogP contribution is 2.36. The smallest absolute Gasteiger partial charge is 0.222 e. The number of carbonyl (C=O) groups excluding carboxylic acids is 1. The molecule has 0 saturated carbocycles. The average molecular weight is 340 g/mol. The Bertz CT molecular complexity index is 671. The summed E-state index contributed by atoms with van der Waals surface area (Å²) in [6.07, 6.45) is 2.50. The number of hydrogen-bond donors (Lipinski definition) is 0. The lowest BCUT2D eigenvalue weighted by atomic mass is 10.0. The molecule has 1 aliphatic heterocycles. The van der Waals surface area contributed by atoms with E-state index >= 15 is 0 Å². The van der Waals surface area contributed by atoms with Crippen molar-refractivity contribution >= 4 is 17.7 Å². The summed E-state index contributed by atoms with van der Waals surface area (Å²) in [5.41, 5.74) is 4.03. The molecule has 1 fully saturated rings. The highest BCUT2D eigenvalue weighted by atomic mass is 32.2. The molecule has 2 aromatic rings. The van der Waals surface area contributed by atoms with Crippen LogP contribution >= 0.6 is 11.8 Å². The molecular formula is C21H25NOS. The fourth-order valence-electron chi connectivity index (χ4n) is 3.27. The molecule has 0 bridgehead atoms. The van der Waals surface area contributed by atoms with E-state index in [4.69, 9.17) is 0 Å². The minimum atomic E-state index is 0.296. The molecule has 1 saturated heterocycles. The Morgan fingerprint density at radius 2 is 1.83 bits per heavy atom. The van der Waals surface area contributed by atoms with Gasteiger partial charge in [-0.15, -0.1) is 0 Å². The van der Waals surface area contributed by atoms with E-state index in [2.05, 4.69) is 48.2 Å². The van der Waals surface area contributed by atoms with Gasteiger partial charge in [0.25, 0.3) is 0 Å². The van der Waals surface area contributed by atoms with Gasteiger partial charge in [0.05, 0.1) is 0 Å². The number of thioether (sulfide) groups is 1. The van der Waals surface area contributed by atoms with E-state index < -0.39 is 0 Å². The van der Waals surface area contributed by atoms with Gasteiger partial charge >= 0.3 is 0 Å². The SMILES string of the molecule is Cc1ccccc1C1CCN(C(=O)CCc2ccccc2)CCS1. The third-order valence-electron chi connectivity index (χ3n) is 4.70. The molecule has 1 amide bonds. The van der Waals surface area contributed by atoms with Crippen LogP contribution in [0.15, 0.2) is 54.6 Å². The molecule has 0 N–H and O–H groups in total. The Kier molecular flexibility index (Phi) is 5.97. The van der Waals surface area contributed by atoms with E-state index in [-0.39, 0.29) is 0 Å². The van der Waals surface area contributed by atoms with Crippen molar-refractivity contribution in [1.29, 1.82) is 0 Å².